The smallest absolute Gasteiger partial charge is 0.0948 e. The van der Waals surface area contributed by atoms with Crippen molar-refractivity contribution in [2.24, 2.45) is 23.5 Å². The normalized spacial score (nSPS) is 23.5. The molecule has 0 amide bonds. The Balaban J connectivity index is 2.06. The predicted octanol–water partition coefficient (Wildman–Crippen LogP) is 2.21. The third-order valence-corrected chi connectivity index (χ3v) is 4.18. The molecule has 102 valence electrons. The summed E-state index contributed by atoms with van der Waals surface area (Å²) < 4.78 is 7.64. The number of hydrogen-bond donors (Lipinski definition) is 1. The van der Waals surface area contributed by atoms with Gasteiger partial charge in [-0.1, -0.05) is 20.8 Å². The van der Waals surface area contributed by atoms with Crippen molar-refractivity contribution in [2.45, 2.75) is 39.8 Å². The molecular weight excluding hydrogens is 226 g/mol. The minimum absolute atomic E-state index is 0.0503. The number of nitrogens with two attached hydrogens (primary N) is 1. The van der Waals surface area contributed by atoms with Crippen LogP contribution < -0.4 is 5.73 Å². The van der Waals surface area contributed by atoms with Crippen LogP contribution in [0.15, 0.2) is 12.5 Å². The molecule has 0 bridgehead atoms. The quantitative estimate of drug-likeness (QED) is 0.873. The Morgan fingerprint density at radius 2 is 2.28 bits per heavy atom. The molecule has 0 saturated carbocycles. The van der Waals surface area contributed by atoms with E-state index in [1.54, 1.807) is 0 Å². The molecule has 1 saturated heterocycles. The van der Waals surface area contributed by atoms with Crippen LogP contribution in [0.5, 0.6) is 0 Å². The molecule has 1 fully saturated rings. The van der Waals surface area contributed by atoms with Gasteiger partial charge in [-0.3, -0.25) is 0 Å². The Morgan fingerprint density at radius 3 is 2.89 bits per heavy atom. The summed E-state index contributed by atoms with van der Waals surface area (Å²) in [5.74, 6) is 1.74. The van der Waals surface area contributed by atoms with E-state index in [-0.39, 0.29) is 6.04 Å². The van der Waals surface area contributed by atoms with E-state index < -0.39 is 0 Å². The molecule has 0 aliphatic carbocycles. The average molecular weight is 251 g/mol. The first-order valence-electron chi connectivity index (χ1n) is 6.93. The monoisotopic (exact) mass is 251 g/mol. The summed E-state index contributed by atoms with van der Waals surface area (Å²) in [6.45, 7) is 9.41. The maximum Gasteiger partial charge on any atom is 0.0948 e. The first-order valence-corrected chi connectivity index (χ1v) is 6.93. The molecule has 1 aromatic heterocycles. The second kappa shape index (κ2) is 5.85. The van der Waals surface area contributed by atoms with Gasteiger partial charge in [-0.05, 0) is 18.3 Å². The number of rotatable bonds is 5. The molecule has 0 radical (unpaired) electrons. The number of imidazole rings is 1. The molecular formula is C14H25N3O. The van der Waals surface area contributed by atoms with Crippen molar-refractivity contribution in [1.29, 1.82) is 0 Å². The van der Waals surface area contributed by atoms with Crippen molar-refractivity contribution in [1.82, 2.24) is 9.55 Å². The number of nitrogens with zero attached hydrogens (tertiary/aromatic N) is 2. The Morgan fingerprint density at radius 1 is 1.50 bits per heavy atom. The highest BCUT2D eigenvalue weighted by Gasteiger charge is 2.26. The fourth-order valence-corrected chi connectivity index (χ4v) is 2.36. The fraction of sp³-hybridized carbons (Fsp3) is 0.786. The molecule has 0 aromatic carbocycles. The Labute approximate surface area is 110 Å². The van der Waals surface area contributed by atoms with Gasteiger partial charge in [0.2, 0.25) is 0 Å². The Bertz CT molecular complexity index is 369. The highest BCUT2D eigenvalue weighted by Crippen LogP contribution is 2.27. The zero-order valence-electron chi connectivity index (χ0n) is 11.7. The van der Waals surface area contributed by atoms with E-state index in [0.717, 1.165) is 31.9 Å². The maximum atomic E-state index is 6.36. The van der Waals surface area contributed by atoms with Gasteiger partial charge >= 0.3 is 0 Å². The number of ether oxygens (including phenoxy) is 1. The van der Waals surface area contributed by atoms with E-state index in [4.69, 9.17) is 10.5 Å². The lowest BCUT2D eigenvalue weighted by Crippen LogP contribution is -2.25. The van der Waals surface area contributed by atoms with Gasteiger partial charge < -0.3 is 15.0 Å². The van der Waals surface area contributed by atoms with Crippen LogP contribution in [0.3, 0.4) is 0 Å². The van der Waals surface area contributed by atoms with Gasteiger partial charge in [0, 0.05) is 25.3 Å². The summed E-state index contributed by atoms with van der Waals surface area (Å²) in [5, 5.41) is 0. The topological polar surface area (TPSA) is 53.1 Å². The van der Waals surface area contributed by atoms with Crippen molar-refractivity contribution in [2.75, 3.05) is 13.2 Å². The Kier molecular flexibility index (Phi) is 4.40. The molecule has 18 heavy (non-hydrogen) atoms. The molecule has 1 aliphatic heterocycles. The van der Waals surface area contributed by atoms with Crippen LogP contribution in [0.2, 0.25) is 0 Å². The largest absolute Gasteiger partial charge is 0.381 e. The van der Waals surface area contributed by atoms with Gasteiger partial charge in [-0.15, -0.1) is 0 Å². The first kappa shape index (κ1) is 13.6. The average Bonchev–Trinajstić information content (AvgIpc) is 2.98. The van der Waals surface area contributed by atoms with E-state index in [9.17, 15) is 0 Å². The summed E-state index contributed by atoms with van der Waals surface area (Å²) in [6.07, 6.45) is 4.88. The summed E-state index contributed by atoms with van der Waals surface area (Å²) in [4.78, 5) is 4.27. The second-order valence-electron chi connectivity index (χ2n) is 5.84. The van der Waals surface area contributed by atoms with Crippen molar-refractivity contribution < 1.29 is 4.74 Å². The van der Waals surface area contributed by atoms with Crippen LogP contribution in [-0.2, 0) is 11.3 Å². The first-order chi connectivity index (χ1) is 8.59. The van der Waals surface area contributed by atoms with Gasteiger partial charge in [0.1, 0.15) is 0 Å². The maximum absolute atomic E-state index is 6.36. The van der Waals surface area contributed by atoms with Gasteiger partial charge in [-0.25, -0.2) is 4.98 Å². The molecule has 4 heteroatoms. The zero-order chi connectivity index (χ0) is 13.1. The van der Waals surface area contributed by atoms with Crippen LogP contribution in [0.1, 0.15) is 38.9 Å². The van der Waals surface area contributed by atoms with E-state index in [0.29, 0.717) is 17.8 Å². The number of aromatic nitrogens is 2. The van der Waals surface area contributed by atoms with Crippen LogP contribution in [0, 0.1) is 17.8 Å². The molecule has 3 atom stereocenters. The van der Waals surface area contributed by atoms with E-state index in [1.165, 1.54) is 0 Å². The van der Waals surface area contributed by atoms with Gasteiger partial charge in [-0.2, -0.15) is 0 Å². The Hall–Kier alpha value is -0.870. The highest BCUT2D eigenvalue weighted by atomic mass is 16.5. The van der Waals surface area contributed by atoms with Gasteiger partial charge in [0.25, 0.3) is 0 Å². The lowest BCUT2D eigenvalue weighted by Gasteiger charge is -2.22. The van der Waals surface area contributed by atoms with Crippen molar-refractivity contribution >= 4 is 0 Å². The standard InChI is InChI=1S/C14H25N3O/c1-10(2)11(3)7-17-9-16-6-13(17)14(15)12-4-5-18-8-12/h6,9-12,14H,4-5,7-8,15H2,1-3H3. The van der Waals surface area contributed by atoms with Gasteiger partial charge in [0.05, 0.1) is 24.7 Å². The number of hydrogen-bond acceptors (Lipinski definition) is 3. The van der Waals surface area contributed by atoms with Crippen molar-refractivity contribution in [3.05, 3.63) is 18.2 Å². The lowest BCUT2D eigenvalue weighted by molar-refractivity contribution is 0.180. The minimum atomic E-state index is 0.0503. The molecule has 3 unspecified atom stereocenters. The van der Waals surface area contributed by atoms with Crippen LogP contribution in [0.4, 0.5) is 0 Å². The zero-order valence-corrected chi connectivity index (χ0v) is 11.7. The van der Waals surface area contributed by atoms with E-state index in [1.807, 2.05) is 12.5 Å². The molecule has 0 spiro atoms. The predicted molar refractivity (Wildman–Crippen MR) is 72.1 cm³/mol. The third-order valence-electron chi connectivity index (χ3n) is 4.18. The molecule has 4 nitrogen and oxygen atoms in total. The minimum Gasteiger partial charge on any atom is -0.381 e. The van der Waals surface area contributed by atoms with Gasteiger partial charge in [0.15, 0.2) is 0 Å². The summed E-state index contributed by atoms with van der Waals surface area (Å²) in [7, 11) is 0. The molecule has 1 aliphatic rings. The summed E-state index contributed by atoms with van der Waals surface area (Å²) >= 11 is 0. The molecule has 1 aromatic rings. The summed E-state index contributed by atoms with van der Waals surface area (Å²) in [6, 6.07) is 0.0503. The van der Waals surface area contributed by atoms with Crippen molar-refractivity contribution in [3.63, 3.8) is 0 Å². The van der Waals surface area contributed by atoms with Crippen molar-refractivity contribution in [3.8, 4) is 0 Å². The van der Waals surface area contributed by atoms with E-state index >= 15 is 0 Å². The van der Waals surface area contributed by atoms with Crippen LogP contribution in [0.25, 0.3) is 0 Å². The fourth-order valence-electron chi connectivity index (χ4n) is 2.36. The second-order valence-corrected chi connectivity index (χ2v) is 5.84. The molecule has 2 rings (SSSR count). The third kappa shape index (κ3) is 2.93. The SMILES string of the molecule is CC(C)C(C)Cn1cncc1C(N)C1CCOC1. The van der Waals surface area contributed by atoms with E-state index in [2.05, 4.69) is 30.3 Å². The highest BCUT2D eigenvalue weighted by molar-refractivity contribution is 5.07. The molecule has 2 N–H and O–H groups in total. The lowest BCUT2D eigenvalue weighted by atomic mass is 9.95. The van der Waals surface area contributed by atoms with Crippen LogP contribution in [-0.4, -0.2) is 22.8 Å². The molecule has 2 heterocycles. The van der Waals surface area contributed by atoms with Crippen LogP contribution >= 0.6 is 0 Å². The summed E-state index contributed by atoms with van der Waals surface area (Å²) in [5.41, 5.74) is 7.51.